The van der Waals surface area contributed by atoms with E-state index >= 15 is 0 Å². The Balaban J connectivity index is 0.00000330. The summed E-state index contributed by atoms with van der Waals surface area (Å²) < 4.78 is 23.7. The first-order chi connectivity index (χ1) is 21.2. The third kappa shape index (κ3) is 9.14. The number of aliphatic imine (C=N–C) groups is 1. The summed E-state index contributed by atoms with van der Waals surface area (Å²) in [7, 11) is 0. The minimum atomic E-state index is -0.346. The predicted octanol–water partition coefficient (Wildman–Crippen LogP) is 8.52. The Morgan fingerprint density at radius 1 is 1.32 bits per heavy atom. The van der Waals surface area contributed by atoms with Crippen molar-refractivity contribution in [1.29, 1.82) is 0 Å². The first kappa shape index (κ1) is 36.0. The van der Waals surface area contributed by atoms with Crippen LogP contribution in [0.15, 0.2) is 90.8 Å². The number of benzene rings is 1. The molecule has 9 nitrogen and oxygen atoms in total. The molecule has 0 spiro atoms. The molecule has 0 aliphatic rings. The number of fused-ring (bicyclic) bond motifs is 1. The molecule has 0 saturated carbocycles. The predicted molar refractivity (Wildman–Crippen MR) is 183 cm³/mol. The van der Waals surface area contributed by atoms with Gasteiger partial charge in [0.2, 0.25) is 11.7 Å². The number of H-pyrrole nitrogens is 1. The van der Waals surface area contributed by atoms with Gasteiger partial charge in [0.15, 0.2) is 5.75 Å². The molecule has 1 aromatic carbocycles. The van der Waals surface area contributed by atoms with Crippen molar-refractivity contribution in [1.82, 2.24) is 14.8 Å². The number of hydrogen-bond acceptors (Lipinski definition) is 8. The van der Waals surface area contributed by atoms with Crippen LogP contribution in [0.4, 0.5) is 16.0 Å². The molecular formula is C32H40ClFN6O3S. The zero-order valence-corrected chi connectivity index (χ0v) is 27.3. The quantitative estimate of drug-likeness (QED) is 0.0236. The highest BCUT2D eigenvalue weighted by atomic mass is 35.5. The number of nitrogens with zero attached hydrogens (tertiary/aromatic N) is 3. The van der Waals surface area contributed by atoms with Gasteiger partial charge in [0.1, 0.15) is 11.6 Å². The van der Waals surface area contributed by atoms with Crippen molar-refractivity contribution in [3.05, 3.63) is 97.1 Å². The number of allylic oxidation sites excluding steroid dienone is 5. The Labute approximate surface area is 267 Å². The number of rotatable bonds is 14. The number of aromatic nitrogens is 3. The van der Waals surface area contributed by atoms with E-state index in [1.807, 2.05) is 33.8 Å². The zero-order valence-electron chi connectivity index (χ0n) is 25.7. The highest BCUT2D eigenvalue weighted by Gasteiger charge is 2.23. The van der Waals surface area contributed by atoms with Gasteiger partial charge in [0.05, 0.1) is 34.6 Å². The van der Waals surface area contributed by atoms with E-state index in [0.717, 1.165) is 5.57 Å². The van der Waals surface area contributed by atoms with Crippen molar-refractivity contribution in [2.24, 2.45) is 4.99 Å². The highest BCUT2D eigenvalue weighted by Crippen LogP contribution is 2.33. The number of ketones is 1. The number of nitrogens with one attached hydrogen (secondary N) is 2. The summed E-state index contributed by atoms with van der Waals surface area (Å²) in [6, 6.07) is 4.49. The summed E-state index contributed by atoms with van der Waals surface area (Å²) in [5.74, 6) is 0.826. The van der Waals surface area contributed by atoms with Crippen LogP contribution in [-0.4, -0.2) is 44.6 Å². The van der Waals surface area contributed by atoms with Crippen molar-refractivity contribution < 1.29 is 19.0 Å². The second kappa shape index (κ2) is 17.8. The van der Waals surface area contributed by atoms with Gasteiger partial charge in [-0.05, 0) is 63.1 Å². The van der Waals surface area contributed by atoms with Gasteiger partial charge in [0.25, 0.3) is 0 Å². The summed E-state index contributed by atoms with van der Waals surface area (Å²) in [4.78, 5) is 25.1. The van der Waals surface area contributed by atoms with Crippen molar-refractivity contribution in [2.75, 3.05) is 23.3 Å². The number of aromatic amines is 1. The van der Waals surface area contributed by atoms with Gasteiger partial charge in [-0.1, -0.05) is 37.6 Å². The molecule has 2 aromatic heterocycles. The van der Waals surface area contributed by atoms with Gasteiger partial charge in [-0.15, -0.1) is 24.8 Å². The third-order valence-electron chi connectivity index (χ3n) is 6.29. The lowest BCUT2D eigenvalue weighted by molar-refractivity contribution is -0.00504. The Morgan fingerprint density at radius 2 is 2.05 bits per heavy atom. The first-order valence-corrected chi connectivity index (χ1v) is 15.5. The Morgan fingerprint density at radius 3 is 2.64 bits per heavy atom. The molecule has 0 amide bonds. The molecule has 0 aliphatic heterocycles. The zero-order chi connectivity index (χ0) is 32.8. The van der Waals surface area contributed by atoms with E-state index in [0.29, 0.717) is 41.2 Å². The molecule has 0 saturated heterocycles. The van der Waals surface area contributed by atoms with Gasteiger partial charge < -0.3 is 20.2 Å². The summed E-state index contributed by atoms with van der Waals surface area (Å²) in [6.07, 6.45) is 12.7. The number of carbonyl (C=O) groups is 1. The van der Waals surface area contributed by atoms with Crippen molar-refractivity contribution in [3.63, 3.8) is 0 Å². The maximum atomic E-state index is 13.5. The number of anilines is 2. The van der Waals surface area contributed by atoms with Crippen LogP contribution in [-0.2, 0) is 4.74 Å². The molecule has 0 radical (unpaired) electrons. The molecule has 44 heavy (non-hydrogen) atoms. The Hall–Kier alpha value is -4.22. The van der Waals surface area contributed by atoms with Crippen molar-refractivity contribution in [3.8, 4) is 5.75 Å². The van der Waals surface area contributed by atoms with E-state index < -0.39 is 0 Å². The van der Waals surface area contributed by atoms with Gasteiger partial charge in [-0.3, -0.25) is 14.7 Å². The fourth-order valence-corrected chi connectivity index (χ4v) is 4.77. The molecule has 0 bridgehead atoms. The van der Waals surface area contributed by atoms with Crippen molar-refractivity contribution >= 4 is 57.6 Å². The van der Waals surface area contributed by atoms with E-state index in [-0.39, 0.29) is 40.0 Å². The van der Waals surface area contributed by atoms with Crippen LogP contribution in [0.2, 0.25) is 0 Å². The van der Waals surface area contributed by atoms with Gasteiger partial charge in [-0.25, -0.2) is 4.68 Å². The largest absolute Gasteiger partial charge is 0.440 e. The fraction of sp³-hybridized carbons (Fsp3) is 0.281. The molecular weight excluding hydrogens is 603 g/mol. The third-order valence-corrected chi connectivity index (χ3v) is 6.84. The maximum Gasteiger partial charge on any atom is 0.214 e. The Bertz CT molecular complexity index is 1560. The van der Waals surface area contributed by atoms with Gasteiger partial charge >= 0.3 is 0 Å². The average Bonchev–Trinajstić information content (AvgIpc) is 3.61. The number of nitrogens with two attached hydrogens (primary N) is 1. The fourth-order valence-electron chi connectivity index (χ4n) is 4.27. The van der Waals surface area contributed by atoms with Crippen LogP contribution in [0.3, 0.4) is 0 Å². The summed E-state index contributed by atoms with van der Waals surface area (Å²) in [5, 5.41) is 4.80. The van der Waals surface area contributed by atoms with E-state index in [1.165, 1.54) is 24.2 Å². The molecule has 4 N–H and O–H groups in total. The summed E-state index contributed by atoms with van der Waals surface area (Å²) >= 11 is 7.46. The summed E-state index contributed by atoms with van der Waals surface area (Å²) in [6.45, 7) is 17.9. The number of carbonyl (C=O) groups excluding carboxylic acids is 1. The lowest BCUT2D eigenvalue weighted by atomic mass is 10.1. The SMILES string of the molecule is C=C.C=C/C=C\C(=C/C(C)Cl)OC(/C=C(/CC)C(C)n1ncc(C(=O)c2cc3cc(OF)c(NSC)cc3[nH]2)c1N)=NCC. The highest BCUT2D eigenvalue weighted by molar-refractivity contribution is 7.99. The lowest BCUT2D eigenvalue weighted by Crippen LogP contribution is -2.15. The second-order valence-electron chi connectivity index (χ2n) is 9.22. The van der Waals surface area contributed by atoms with Crippen molar-refractivity contribution in [2.45, 2.75) is 45.5 Å². The smallest absolute Gasteiger partial charge is 0.214 e. The molecule has 2 unspecified atom stereocenters. The first-order valence-electron chi connectivity index (χ1n) is 13.9. The van der Waals surface area contributed by atoms with E-state index in [2.05, 4.69) is 44.5 Å². The van der Waals surface area contributed by atoms with Crippen LogP contribution in [0.1, 0.15) is 56.2 Å². The number of hydrogen-bond donors (Lipinski definition) is 3. The van der Waals surface area contributed by atoms with E-state index in [4.69, 9.17) is 22.1 Å². The van der Waals surface area contributed by atoms with Gasteiger partial charge in [0, 0.05) is 34.3 Å². The molecule has 236 valence electrons. The monoisotopic (exact) mass is 642 g/mol. The minimum Gasteiger partial charge on any atom is -0.440 e. The van der Waals surface area contributed by atoms with Crippen LogP contribution < -0.4 is 15.4 Å². The molecule has 3 rings (SSSR count). The lowest BCUT2D eigenvalue weighted by Gasteiger charge is -2.18. The molecule has 2 heterocycles. The minimum absolute atomic E-state index is 0.0151. The van der Waals surface area contributed by atoms with E-state index in [9.17, 15) is 9.32 Å². The second-order valence-corrected chi connectivity index (χ2v) is 10.5. The molecule has 0 fully saturated rings. The number of ether oxygens (including phenoxy) is 1. The molecule has 12 heteroatoms. The Kier molecular flexibility index (Phi) is 14.5. The number of nitrogen functional groups attached to an aromatic ring is 1. The van der Waals surface area contributed by atoms with Crippen LogP contribution in [0, 0.1) is 0 Å². The maximum absolute atomic E-state index is 13.5. The molecule has 3 aromatic rings. The van der Waals surface area contributed by atoms with E-state index in [1.54, 1.807) is 47.4 Å². The standard InChI is InChI=1S/C30H36ClFN6O3S.C2H4/c1-7-10-11-22(12-18(4)31)40-28(34-9-3)15-20(8-2)19(5)38-30(33)23(17-35-38)29(39)26-13-21-14-27(41-32)25(37-42-6)16-24(21)36-26;1-2/h7,10-19,36-37H,1,8-9,33H2,2-6H3;1-2H2/b11-10-,20-15-,22-12+,34-28?;. The molecule has 2 atom stereocenters. The normalized spacial score (nSPS) is 13.8. The average molecular weight is 643 g/mol. The number of halogens is 2. The number of alkyl halides is 1. The summed E-state index contributed by atoms with van der Waals surface area (Å²) in [5.41, 5.74) is 8.99. The topological polar surface area (TPSA) is 120 Å². The molecule has 0 aliphatic carbocycles. The van der Waals surface area contributed by atoms with Crippen LogP contribution >= 0.6 is 23.5 Å². The van der Waals surface area contributed by atoms with Crippen LogP contribution in [0.25, 0.3) is 10.9 Å². The van der Waals surface area contributed by atoms with Crippen LogP contribution in [0.5, 0.6) is 5.75 Å². The van der Waals surface area contributed by atoms with Gasteiger partial charge in [-0.2, -0.15) is 5.10 Å².